The van der Waals surface area contributed by atoms with Gasteiger partial charge in [-0.3, -0.25) is 4.79 Å². The summed E-state index contributed by atoms with van der Waals surface area (Å²) in [6.45, 7) is 5.74. The summed E-state index contributed by atoms with van der Waals surface area (Å²) in [6.07, 6.45) is 1.93. The van der Waals surface area contributed by atoms with Crippen LogP contribution >= 0.6 is 0 Å². The molecule has 1 rings (SSSR count). The van der Waals surface area contributed by atoms with Gasteiger partial charge in [-0.1, -0.05) is 25.7 Å². The fraction of sp³-hybridized carbons (Fsp3) is 0.500. The first kappa shape index (κ1) is 17.2. The van der Waals surface area contributed by atoms with Gasteiger partial charge < -0.3 is 15.2 Å². The van der Waals surface area contributed by atoms with E-state index >= 15 is 0 Å². The van der Waals surface area contributed by atoms with Crippen molar-refractivity contribution in [1.29, 1.82) is 0 Å². The first-order chi connectivity index (χ1) is 10.1. The Morgan fingerprint density at radius 3 is 3.05 bits per heavy atom. The minimum absolute atomic E-state index is 0.00197. The Labute approximate surface area is 125 Å². The number of carbonyl (C=O) groups is 1. The van der Waals surface area contributed by atoms with E-state index in [-0.39, 0.29) is 12.5 Å². The van der Waals surface area contributed by atoms with Crippen LogP contribution in [0, 0.1) is 17.8 Å². The predicted octanol–water partition coefficient (Wildman–Crippen LogP) is 1.22. The predicted molar refractivity (Wildman–Crippen MR) is 80.8 cm³/mol. The van der Waals surface area contributed by atoms with Gasteiger partial charge in [0.2, 0.25) is 0 Å². The quantitative estimate of drug-likeness (QED) is 0.585. The highest BCUT2D eigenvalue weighted by molar-refractivity contribution is 5.94. The van der Waals surface area contributed by atoms with E-state index in [0.29, 0.717) is 43.4 Å². The van der Waals surface area contributed by atoms with Crippen molar-refractivity contribution < 1.29 is 14.6 Å². The zero-order chi connectivity index (χ0) is 15.5. The van der Waals surface area contributed by atoms with Crippen LogP contribution in [0.5, 0.6) is 0 Å². The van der Waals surface area contributed by atoms with Gasteiger partial charge in [0.1, 0.15) is 5.69 Å². The highest BCUT2D eigenvalue weighted by atomic mass is 16.5. The van der Waals surface area contributed by atoms with Crippen molar-refractivity contribution in [3.63, 3.8) is 0 Å². The van der Waals surface area contributed by atoms with E-state index in [9.17, 15) is 4.79 Å². The summed E-state index contributed by atoms with van der Waals surface area (Å²) in [4.78, 5) is 16.1. The third-order valence-electron chi connectivity index (χ3n) is 2.47. The number of carbonyl (C=O) groups excluding carboxylic acids is 1. The molecule has 0 bridgehead atoms. The second-order valence-corrected chi connectivity index (χ2v) is 4.90. The van der Waals surface area contributed by atoms with Gasteiger partial charge in [0.05, 0.1) is 18.8 Å². The Kier molecular flexibility index (Phi) is 8.10. The Hall–Kier alpha value is -1.90. The molecule has 1 amide bonds. The van der Waals surface area contributed by atoms with Crippen LogP contribution in [-0.2, 0) is 4.74 Å². The van der Waals surface area contributed by atoms with Crippen molar-refractivity contribution in [2.45, 2.75) is 20.3 Å². The van der Waals surface area contributed by atoms with Gasteiger partial charge in [-0.25, -0.2) is 4.98 Å². The molecule has 0 aromatic carbocycles. The molecule has 1 aromatic heterocycles. The first-order valence-corrected chi connectivity index (χ1v) is 7.05. The third-order valence-corrected chi connectivity index (χ3v) is 2.47. The Morgan fingerprint density at radius 1 is 1.52 bits per heavy atom. The fourth-order valence-corrected chi connectivity index (χ4v) is 1.54. The molecule has 0 saturated carbocycles. The smallest absolute Gasteiger partial charge is 0.271 e. The highest BCUT2D eigenvalue weighted by Gasteiger charge is 2.10. The topological polar surface area (TPSA) is 71.5 Å². The second-order valence-electron chi connectivity index (χ2n) is 4.90. The molecule has 0 atom stereocenters. The Balaban J connectivity index is 2.52. The van der Waals surface area contributed by atoms with Gasteiger partial charge in [-0.2, -0.15) is 0 Å². The van der Waals surface area contributed by atoms with E-state index in [1.807, 2.05) is 0 Å². The Morgan fingerprint density at radius 2 is 2.33 bits per heavy atom. The molecule has 1 heterocycles. The maximum Gasteiger partial charge on any atom is 0.271 e. The zero-order valence-corrected chi connectivity index (χ0v) is 12.6. The molecule has 0 spiro atoms. The average molecular weight is 290 g/mol. The molecule has 0 fully saturated rings. The van der Waals surface area contributed by atoms with E-state index in [4.69, 9.17) is 9.84 Å². The number of nitrogens with one attached hydrogen (secondary N) is 1. The van der Waals surface area contributed by atoms with Gasteiger partial charge in [0.15, 0.2) is 0 Å². The summed E-state index contributed by atoms with van der Waals surface area (Å²) in [7, 11) is 0. The van der Waals surface area contributed by atoms with E-state index in [1.54, 1.807) is 18.3 Å². The number of hydrogen-bond acceptors (Lipinski definition) is 4. The molecule has 0 aliphatic carbocycles. The number of aliphatic hydroxyl groups is 1. The number of amides is 1. The van der Waals surface area contributed by atoms with Crippen LogP contribution in [0.3, 0.4) is 0 Å². The molecule has 0 aliphatic heterocycles. The third kappa shape index (κ3) is 6.89. The summed E-state index contributed by atoms with van der Waals surface area (Å²) in [5.74, 6) is 5.85. The van der Waals surface area contributed by atoms with Crippen molar-refractivity contribution in [3.05, 3.63) is 29.6 Å². The van der Waals surface area contributed by atoms with Crippen LogP contribution < -0.4 is 5.32 Å². The van der Waals surface area contributed by atoms with Crippen LogP contribution in [0.1, 0.15) is 36.3 Å². The lowest BCUT2D eigenvalue weighted by molar-refractivity contribution is 0.0882. The van der Waals surface area contributed by atoms with Crippen molar-refractivity contribution in [2.24, 2.45) is 5.92 Å². The van der Waals surface area contributed by atoms with E-state index in [2.05, 4.69) is 36.0 Å². The van der Waals surface area contributed by atoms with Gasteiger partial charge >= 0.3 is 0 Å². The number of rotatable bonds is 7. The lowest BCUT2D eigenvalue weighted by Crippen LogP contribution is -2.29. The SMILES string of the molecule is CC(C)COCCNC(=O)c1ncccc1C#CCCO. The molecule has 1 aromatic rings. The maximum absolute atomic E-state index is 12.0. The number of pyridine rings is 1. The number of ether oxygens (including phenoxy) is 1. The van der Waals surface area contributed by atoms with E-state index in [0.717, 1.165) is 0 Å². The summed E-state index contributed by atoms with van der Waals surface area (Å²) in [5, 5.41) is 11.5. The molecular formula is C16H22N2O3. The van der Waals surface area contributed by atoms with Crippen molar-refractivity contribution in [1.82, 2.24) is 10.3 Å². The summed E-state index contributed by atoms with van der Waals surface area (Å²) in [6, 6.07) is 3.47. The normalized spacial score (nSPS) is 10.1. The number of hydrogen-bond donors (Lipinski definition) is 2. The van der Waals surface area contributed by atoms with Crippen LogP contribution in [-0.4, -0.2) is 42.4 Å². The van der Waals surface area contributed by atoms with Gasteiger partial charge in [0.25, 0.3) is 5.91 Å². The van der Waals surface area contributed by atoms with Crippen molar-refractivity contribution >= 4 is 5.91 Å². The number of nitrogens with zero attached hydrogens (tertiary/aromatic N) is 1. The summed E-state index contributed by atoms with van der Waals surface area (Å²) >= 11 is 0. The lowest BCUT2D eigenvalue weighted by atomic mass is 10.2. The highest BCUT2D eigenvalue weighted by Crippen LogP contribution is 2.03. The van der Waals surface area contributed by atoms with E-state index in [1.165, 1.54) is 0 Å². The van der Waals surface area contributed by atoms with Crippen molar-refractivity contribution in [3.8, 4) is 11.8 Å². The summed E-state index contributed by atoms with van der Waals surface area (Å²) < 4.78 is 5.40. The molecule has 5 nitrogen and oxygen atoms in total. The number of aromatic nitrogens is 1. The first-order valence-electron chi connectivity index (χ1n) is 7.05. The molecule has 5 heteroatoms. The molecule has 114 valence electrons. The van der Waals surface area contributed by atoms with Crippen molar-refractivity contribution in [2.75, 3.05) is 26.4 Å². The molecule has 0 unspecified atom stereocenters. The minimum atomic E-state index is -0.267. The Bertz CT molecular complexity index is 504. The largest absolute Gasteiger partial charge is 0.395 e. The van der Waals surface area contributed by atoms with Gasteiger partial charge in [0, 0.05) is 25.8 Å². The van der Waals surface area contributed by atoms with Gasteiger partial charge in [-0.05, 0) is 18.1 Å². The lowest BCUT2D eigenvalue weighted by Gasteiger charge is -2.08. The second kappa shape index (κ2) is 9.92. The maximum atomic E-state index is 12.0. The fourth-order valence-electron chi connectivity index (χ4n) is 1.54. The van der Waals surface area contributed by atoms with E-state index < -0.39 is 0 Å². The average Bonchev–Trinajstić information content (AvgIpc) is 2.47. The molecule has 0 aliphatic rings. The summed E-state index contributed by atoms with van der Waals surface area (Å²) in [5.41, 5.74) is 0.860. The van der Waals surface area contributed by atoms with Crippen LogP contribution in [0.15, 0.2) is 18.3 Å². The molecule has 0 radical (unpaired) electrons. The zero-order valence-electron chi connectivity index (χ0n) is 12.6. The van der Waals surface area contributed by atoms with Crippen LogP contribution in [0.4, 0.5) is 0 Å². The molecule has 2 N–H and O–H groups in total. The standard InChI is InChI=1S/C16H22N2O3/c1-13(2)12-21-11-9-18-16(20)15-14(6-3-4-10-19)7-5-8-17-15/h5,7-8,13,19H,4,9-12H2,1-2H3,(H,18,20). The molecule has 21 heavy (non-hydrogen) atoms. The monoisotopic (exact) mass is 290 g/mol. The van der Waals surface area contributed by atoms with Gasteiger partial charge in [-0.15, -0.1) is 0 Å². The van der Waals surface area contributed by atoms with Crippen LogP contribution in [0.25, 0.3) is 0 Å². The minimum Gasteiger partial charge on any atom is -0.395 e. The molecule has 0 saturated heterocycles. The number of aliphatic hydroxyl groups excluding tert-OH is 1. The van der Waals surface area contributed by atoms with Crippen LogP contribution in [0.2, 0.25) is 0 Å². The molecular weight excluding hydrogens is 268 g/mol.